The average Bonchev–Trinajstić information content (AvgIpc) is 3.06. The number of aliphatic hydroxyl groups is 1. The van der Waals surface area contributed by atoms with Crippen molar-refractivity contribution in [2.24, 2.45) is 40.4 Å². The fraction of sp³-hybridized carbons (Fsp3) is 0.862. The number of ketones is 1. The van der Waals surface area contributed by atoms with Crippen LogP contribution in [0, 0.1) is 40.4 Å². The molecule has 0 unspecified atom stereocenters. The summed E-state index contributed by atoms with van der Waals surface area (Å²) in [7, 11) is 0. The van der Waals surface area contributed by atoms with Crippen LogP contribution in [0.3, 0.4) is 0 Å². The smallest absolute Gasteiger partial charge is 0.303 e. The van der Waals surface area contributed by atoms with Crippen LogP contribution in [-0.2, 0) is 14.3 Å². The number of esters is 1. The highest BCUT2D eigenvalue weighted by molar-refractivity contribution is 6.01. The molecule has 0 spiro atoms. The summed E-state index contributed by atoms with van der Waals surface area (Å²) in [6.45, 7) is 12.6. The molecule has 0 amide bonds. The van der Waals surface area contributed by atoms with E-state index in [0.29, 0.717) is 29.6 Å². The molecule has 4 rings (SSSR count). The second-order valence-electron chi connectivity index (χ2n) is 13.1. The maximum atomic E-state index is 13.2. The molecule has 0 aliphatic heterocycles. The van der Waals surface area contributed by atoms with Crippen LogP contribution in [0.2, 0.25) is 0 Å². The molecule has 4 nitrogen and oxygen atoms in total. The summed E-state index contributed by atoms with van der Waals surface area (Å²) in [5.41, 5.74) is 0.733. The van der Waals surface area contributed by atoms with Crippen LogP contribution >= 0.6 is 0 Å². The predicted molar refractivity (Wildman–Crippen MR) is 130 cm³/mol. The van der Waals surface area contributed by atoms with Crippen LogP contribution in [0.15, 0.2) is 11.6 Å². The molecule has 8 atom stereocenters. The summed E-state index contributed by atoms with van der Waals surface area (Å²) < 4.78 is 5.37. The number of rotatable bonds is 6. The molecule has 0 bridgehead atoms. The van der Waals surface area contributed by atoms with Gasteiger partial charge in [-0.2, -0.15) is 0 Å². The first-order chi connectivity index (χ1) is 15.4. The van der Waals surface area contributed by atoms with E-state index >= 15 is 0 Å². The number of carbonyl (C=O) groups excluding carboxylic acids is 2. The van der Waals surface area contributed by atoms with E-state index in [-0.39, 0.29) is 17.2 Å². The van der Waals surface area contributed by atoms with Gasteiger partial charge in [0.15, 0.2) is 11.9 Å². The highest BCUT2D eigenvalue weighted by Gasteiger charge is 2.60. The largest absolute Gasteiger partial charge is 0.454 e. The summed E-state index contributed by atoms with van der Waals surface area (Å²) in [5, 5.41) is 10.1. The first-order valence-corrected chi connectivity index (χ1v) is 13.5. The third-order valence-corrected chi connectivity index (χ3v) is 10.5. The second kappa shape index (κ2) is 8.81. The number of fused-ring (bicyclic) bond motifs is 5. The van der Waals surface area contributed by atoms with E-state index in [0.717, 1.165) is 43.1 Å². The Morgan fingerprint density at radius 3 is 2.58 bits per heavy atom. The van der Waals surface area contributed by atoms with Gasteiger partial charge in [-0.1, -0.05) is 39.7 Å². The number of ether oxygens (including phenoxy) is 1. The van der Waals surface area contributed by atoms with E-state index in [4.69, 9.17) is 4.74 Å². The molecule has 3 saturated carbocycles. The lowest BCUT2D eigenvalue weighted by Crippen LogP contribution is -2.53. The van der Waals surface area contributed by atoms with Gasteiger partial charge in [-0.15, -0.1) is 0 Å². The van der Waals surface area contributed by atoms with Crippen molar-refractivity contribution in [1.82, 2.24) is 0 Å². The lowest BCUT2D eigenvalue weighted by molar-refractivity contribution is -0.156. The Bertz CT molecular complexity index is 807. The van der Waals surface area contributed by atoms with Crippen LogP contribution in [0.4, 0.5) is 0 Å². The molecule has 0 aromatic rings. The molecule has 0 heterocycles. The molecule has 4 heteroatoms. The molecule has 0 aromatic carbocycles. The summed E-state index contributed by atoms with van der Waals surface area (Å²) >= 11 is 0. The van der Waals surface area contributed by atoms with Crippen LogP contribution in [0.1, 0.15) is 106 Å². The minimum Gasteiger partial charge on any atom is -0.454 e. The van der Waals surface area contributed by atoms with Crippen molar-refractivity contribution in [1.29, 1.82) is 0 Å². The Hall–Kier alpha value is -1.16. The first-order valence-electron chi connectivity index (χ1n) is 13.5. The van der Waals surface area contributed by atoms with Crippen LogP contribution < -0.4 is 0 Å². The van der Waals surface area contributed by atoms with Gasteiger partial charge in [-0.3, -0.25) is 9.59 Å². The maximum absolute atomic E-state index is 13.2. The minimum atomic E-state index is -0.576. The zero-order valence-corrected chi connectivity index (χ0v) is 21.8. The lowest BCUT2D eigenvalue weighted by atomic mass is 9.46. The normalized spacial score (nSPS) is 41.5. The number of allylic oxidation sites excluding steroid dienone is 1. The van der Waals surface area contributed by atoms with Gasteiger partial charge in [0.2, 0.25) is 0 Å². The van der Waals surface area contributed by atoms with Gasteiger partial charge < -0.3 is 9.84 Å². The number of Topliss-reactive ketones (excluding diaryl/α,β-unsaturated/α-hetero) is 1. The third-order valence-electron chi connectivity index (χ3n) is 10.5. The Morgan fingerprint density at radius 1 is 1.18 bits per heavy atom. The molecule has 33 heavy (non-hydrogen) atoms. The van der Waals surface area contributed by atoms with Gasteiger partial charge in [-0.25, -0.2) is 0 Å². The second-order valence-corrected chi connectivity index (χ2v) is 13.1. The Kier molecular flexibility index (Phi) is 6.66. The highest BCUT2D eigenvalue weighted by atomic mass is 16.5. The van der Waals surface area contributed by atoms with Crippen LogP contribution in [0.5, 0.6) is 0 Å². The first kappa shape index (κ1) is 24.9. The lowest BCUT2D eigenvalue weighted by Gasteiger charge is -2.58. The molecule has 186 valence electrons. The van der Waals surface area contributed by atoms with Crippen molar-refractivity contribution >= 4 is 11.8 Å². The monoisotopic (exact) mass is 458 g/mol. The van der Waals surface area contributed by atoms with E-state index < -0.39 is 11.7 Å². The fourth-order valence-electron chi connectivity index (χ4n) is 8.88. The van der Waals surface area contributed by atoms with Gasteiger partial charge >= 0.3 is 5.97 Å². The zero-order chi connectivity index (χ0) is 24.2. The van der Waals surface area contributed by atoms with Crippen molar-refractivity contribution < 1.29 is 19.4 Å². The van der Waals surface area contributed by atoms with Gasteiger partial charge in [0.25, 0.3) is 0 Å². The SMILES string of the molecule is CC(=O)O[C@H]1CC[C@@]2(C)C(=CC[C@H]3[C@@H]4CC[C@H]([C@H](C)CCCC(C)(C)O)[C@@]4(C)CC[C@@H]32)C1=O. The maximum Gasteiger partial charge on any atom is 0.303 e. The summed E-state index contributed by atoms with van der Waals surface area (Å²) in [6, 6.07) is 0. The van der Waals surface area contributed by atoms with Crippen molar-refractivity contribution in [3.8, 4) is 0 Å². The molecular weight excluding hydrogens is 412 g/mol. The van der Waals surface area contributed by atoms with E-state index in [9.17, 15) is 14.7 Å². The molecule has 4 aliphatic carbocycles. The van der Waals surface area contributed by atoms with E-state index in [1.54, 1.807) is 0 Å². The van der Waals surface area contributed by atoms with Gasteiger partial charge in [-0.05, 0) is 106 Å². The van der Waals surface area contributed by atoms with E-state index in [1.807, 2.05) is 13.8 Å². The Labute approximate surface area is 200 Å². The molecule has 0 radical (unpaired) electrons. The Morgan fingerprint density at radius 2 is 1.91 bits per heavy atom. The summed E-state index contributed by atoms with van der Waals surface area (Å²) in [6.07, 6.45) is 12.6. The molecule has 3 fully saturated rings. The zero-order valence-electron chi connectivity index (χ0n) is 21.8. The van der Waals surface area contributed by atoms with Crippen molar-refractivity contribution in [2.75, 3.05) is 0 Å². The number of carbonyl (C=O) groups is 2. The van der Waals surface area contributed by atoms with Gasteiger partial charge in [0, 0.05) is 12.5 Å². The molecule has 4 aliphatic rings. The van der Waals surface area contributed by atoms with Gasteiger partial charge in [0.05, 0.1) is 5.60 Å². The molecule has 1 N–H and O–H groups in total. The highest BCUT2D eigenvalue weighted by Crippen LogP contribution is 2.67. The number of hydrogen-bond donors (Lipinski definition) is 1. The standard InChI is InChI=1S/C29H46O4/c1-18(8-7-15-27(3,4)32)21-11-12-22-20-9-10-24-26(31)25(33-19(2)30)14-17-29(24,6)23(20)13-16-28(21,22)5/h10,18,20-23,25,32H,7-9,11-17H2,1-6H3/t18-,20+,21-,22+,23+,25+,28-,29-/m1/s1. The van der Waals surface area contributed by atoms with Crippen molar-refractivity contribution in [2.45, 2.75) is 117 Å². The van der Waals surface area contributed by atoms with Crippen LogP contribution in [-0.4, -0.2) is 28.6 Å². The van der Waals surface area contributed by atoms with Crippen LogP contribution in [0.25, 0.3) is 0 Å². The quantitative estimate of drug-likeness (QED) is 0.478. The van der Waals surface area contributed by atoms with Crippen molar-refractivity contribution in [3.05, 3.63) is 11.6 Å². The van der Waals surface area contributed by atoms with E-state index in [1.165, 1.54) is 39.0 Å². The summed E-state index contributed by atoms with van der Waals surface area (Å²) in [4.78, 5) is 24.7. The fourth-order valence-corrected chi connectivity index (χ4v) is 8.88. The van der Waals surface area contributed by atoms with E-state index in [2.05, 4.69) is 26.8 Å². The Balaban J connectivity index is 1.49. The predicted octanol–water partition coefficient (Wildman–Crippen LogP) is 6.25. The van der Waals surface area contributed by atoms with Crippen molar-refractivity contribution in [3.63, 3.8) is 0 Å². The third kappa shape index (κ3) is 4.46. The number of hydrogen-bond acceptors (Lipinski definition) is 4. The minimum absolute atomic E-state index is 0.0611. The average molecular weight is 459 g/mol. The topological polar surface area (TPSA) is 63.6 Å². The summed E-state index contributed by atoms with van der Waals surface area (Å²) in [5.74, 6) is 3.17. The molecule has 0 aromatic heterocycles. The van der Waals surface area contributed by atoms with Gasteiger partial charge in [0.1, 0.15) is 0 Å². The molecule has 0 saturated heterocycles. The molecular formula is C29H46O4.